The Morgan fingerprint density at radius 2 is 1.88 bits per heavy atom. The van der Waals surface area contributed by atoms with Crippen LogP contribution in [0.5, 0.6) is 0 Å². The molecule has 0 spiro atoms. The molecule has 17 heavy (non-hydrogen) atoms. The monoisotopic (exact) mass is 233 g/mol. The van der Waals surface area contributed by atoms with Gasteiger partial charge in [0.1, 0.15) is 0 Å². The molecule has 0 aliphatic heterocycles. The number of ether oxygens (including phenoxy) is 1. The largest absolute Gasteiger partial charge is 0.374 e. The number of nitrogens with two attached hydrogens (primary N) is 1. The van der Waals surface area contributed by atoms with E-state index in [1.165, 1.54) is 16.7 Å². The van der Waals surface area contributed by atoms with Gasteiger partial charge < -0.3 is 10.5 Å². The van der Waals surface area contributed by atoms with Crippen LogP contribution in [0.25, 0.3) is 0 Å². The van der Waals surface area contributed by atoms with E-state index in [4.69, 9.17) is 10.5 Å². The van der Waals surface area contributed by atoms with Gasteiger partial charge in [-0.05, 0) is 50.7 Å². The van der Waals surface area contributed by atoms with Crippen molar-refractivity contribution in [1.29, 1.82) is 0 Å². The number of hydrogen-bond acceptors (Lipinski definition) is 2. The first-order valence-electron chi connectivity index (χ1n) is 6.58. The van der Waals surface area contributed by atoms with E-state index in [9.17, 15) is 0 Å². The fraction of sp³-hybridized carbons (Fsp3) is 0.600. The van der Waals surface area contributed by atoms with E-state index in [0.717, 1.165) is 32.3 Å². The zero-order chi connectivity index (χ0) is 12.3. The van der Waals surface area contributed by atoms with Crippen LogP contribution in [0.15, 0.2) is 18.2 Å². The molecular formula is C15H23NO. The van der Waals surface area contributed by atoms with Gasteiger partial charge in [0.15, 0.2) is 0 Å². The topological polar surface area (TPSA) is 35.2 Å². The van der Waals surface area contributed by atoms with Crippen LogP contribution >= 0.6 is 0 Å². The summed E-state index contributed by atoms with van der Waals surface area (Å²) in [6, 6.07) is 6.95. The van der Waals surface area contributed by atoms with Gasteiger partial charge in [-0.3, -0.25) is 0 Å². The molecule has 0 unspecified atom stereocenters. The molecule has 1 fully saturated rings. The third-order valence-corrected chi connectivity index (χ3v) is 3.70. The first-order chi connectivity index (χ1) is 8.15. The molecular weight excluding hydrogens is 210 g/mol. The predicted octanol–water partition coefficient (Wildman–Crippen LogP) is 3.09. The van der Waals surface area contributed by atoms with E-state index in [-0.39, 0.29) is 0 Å². The number of rotatable bonds is 3. The van der Waals surface area contributed by atoms with Gasteiger partial charge in [-0.1, -0.05) is 23.8 Å². The number of aryl methyl sites for hydroxylation is 2. The summed E-state index contributed by atoms with van der Waals surface area (Å²) in [6.45, 7) is 5.02. The minimum atomic E-state index is 0.399. The average molecular weight is 233 g/mol. The minimum absolute atomic E-state index is 0.399. The standard InChI is InChI=1S/C15H23NO/c1-11-3-4-12(2)13(9-11)10-17-15-7-5-14(16)6-8-15/h3-4,9,14-15H,5-8,10,16H2,1-2H3. The maximum absolute atomic E-state index is 6.00. The SMILES string of the molecule is Cc1ccc(C)c(COC2CCC(N)CC2)c1. The van der Waals surface area contributed by atoms with Crippen LogP contribution in [0.2, 0.25) is 0 Å². The molecule has 0 radical (unpaired) electrons. The van der Waals surface area contributed by atoms with Gasteiger partial charge in [-0.15, -0.1) is 0 Å². The molecule has 0 heterocycles. The van der Waals surface area contributed by atoms with Crippen LogP contribution < -0.4 is 5.73 Å². The summed E-state index contributed by atoms with van der Waals surface area (Å²) < 4.78 is 6.00. The summed E-state index contributed by atoms with van der Waals surface area (Å²) in [6.07, 6.45) is 4.86. The van der Waals surface area contributed by atoms with Gasteiger partial charge in [0.2, 0.25) is 0 Å². The van der Waals surface area contributed by atoms with Crippen molar-refractivity contribution in [2.45, 2.75) is 58.3 Å². The Labute approximate surface area is 104 Å². The quantitative estimate of drug-likeness (QED) is 0.870. The second kappa shape index (κ2) is 5.65. The molecule has 1 aromatic carbocycles. The lowest BCUT2D eigenvalue weighted by atomic mass is 9.93. The summed E-state index contributed by atoms with van der Waals surface area (Å²) >= 11 is 0. The van der Waals surface area contributed by atoms with Crippen molar-refractivity contribution in [2.24, 2.45) is 5.73 Å². The van der Waals surface area contributed by atoms with Gasteiger partial charge in [-0.25, -0.2) is 0 Å². The number of benzene rings is 1. The lowest BCUT2D eigenvalue weighted by molar-refractivity contribution is 0.0136. The fourth-order valence-electron chi connectivity index (χ4n) is 2.42. The maximum Gasteiger partial charge on any atom is 0.0723 e. The molecule has 94 valence electrons. The van der Waals surface area contributed by atoms with E-state index < -0.39 is 0 Å². The molecule has 1 aliphatic rings. The highest BCUT2D eigenvalue weighted by molar-refractivity contribution is 5.29. The van der Waals surface area contributed by atoms with E-state index in [0.29, 0.717) is 12.1 Å². The molecule has 0 bridgehead atoms. The summed E-state index contributed by atoms with van der Waals surface area (Å²) in [4.78, 5) is 0. The molecule has 0 atom stereocenters. The van der Waals surface area contributed by atoms with Crippen molar-refractivity contribution >= 4 is 0 Å². The third-order valence-electron chi connectivity index (χ3n) is 3.70. The molecule has 1 aliphatic carbocycles. The first-order valence-corrected chi connectivity index (χ1v) is 6.58. The normalized spacial score (nSPS) is 24.9. The van der Waals surface area contributed by atoms with E-state index in [1.54, 1.807) is 0 Å². The Morgan fingerprint density at radius 3 is 2.59 bits per heavy atom. The smallest absolute Gasteiger partial charge is 0.0723 e. The Hall–Kier alpha value is -0.860. The van der Waals surface area contributed by atoms with Crippen molar-refractivity contribution in [3.8, 4) is 0 Å². The van der Waals surface area contributed by atoms with E-state index >= 15 is 0 Å². The van der Waals surface area contributed by atoms with Crippen LogP contribution in [-0.2, 0) is 11.3 Å². The van der Waals surface area contributed by atoms with Crippen molar-refractivity contribution in [3.63, 3.8) is 0 Å². The molecule has 2 rings (SSSR count). The van der Waals surface area contributed by atoms with Crippen LogP contribution in [-0.4, -0.2) is 12.1 Å². The van der Waals surface area contributed by atoms with Crippen LogP contribution in [0.4, 0.5) is 0 Å². The lowest BCUT2D eigenvalue weighted by Gasteiger charge is -2.26. The summed E-state index contributed by atoms with van der Waals surface area (Å²) in [7, 11) is 0. The summed E-state index contributed by atoms with van der Waals surface area (Å²) in [5, 5.41) is 0. The minimum Gasteiger partial charge on any atom is -0.374 e. The fourth-order valence-corrected chi connectivity index (χ4v) is 2.42. The van der Waals surface area contributed by atoms with E-state index in [2.05, 4.69) is 32.0 Å². The number of hydrogen-bond donors (Lipinski definition) is 1. The molecule has 2 nitrogen and oxygen atoms in total. The molecule has 0 amide bonds. The second-order valence-electron chi connectivity index (χ2n) is 5.28. The van der Waals surface area contributed by atoms with Gasteiger partial charge in [-0.2, -0.15) is 0 Å². The molecule has 1 saturated carbocycles. The Balaban J connectivity index is 1.87. The van der Waals surface area contributed by atoms with Crippen molar-refractivity contribution in [3.05, 3.63) is 34.9 Å². The highest BCUT2D eigenvalue weighted by Crippen LogP contribution is 2.22. The zero-order valence-electron chi connectivity index (χ0n) is 10.9. The third kappa shape index (κ3) is 3.55. The van der Waals surface area contributed by atoms with Gasteiger partial charge in [0, 0.05) is 6.04 Å². The lowest BCUT2D eigenvalue weighted by Crippen LogP contribution is -2.30. The Morgan fingerprint density at radius 1 is 1.18 bits per heavy atom. The van der Waals surface area contributed by atoms with Crippen LogP contribution in [0.1, 0.15) is 42.4 Å². The maximum atomic E-state index is 6.00. The summed E-state index contributed by atoms with van der Waals surface area (Å²) in [5.74, 6) is 0. The van der Waals surface area contributed by atoms with Crippen LogP contribution in [0, 0.1) is 13.8 Å². The Kier molecular flexibility index (Phi) is 4.19. The second-order valence-corrected chi connectivity index (χ2v) is 5.28. The predicted molar refractivity (Wildman–Crippen MR) is 70.9 cm³/mol. The molecule has 1 aromatic rings. The molecule has 2 heteroatoms. The highest BCUT2D eigenvalue weighted by Gasteiger charge is 2.18. The van der Waals surface area contributed by atoms with E-state index in [1.807, 2.05) is 0 Å². The van der Waals surface area contributed by atoms with Crippen molar-refractivity contribution in [2.75, 3.05) is 0 Å². The van der Waals surface area contributed by atoms with Crippen molar-refractivity contribution < 1.29 is 4.74 Å². The first kappa shape index (κ1) is 12.6. The zero-order valence-corrected chi connectivity index (χ0v) is 10.9. The molecule has 0 saturated heterocycles. The Bertz CT molecular complexity index is 367. The highest BCUT2D eigenvalue weighted by atomic mass is 16.5. The van der Waals surface area contributed by atoms with Gasteiger partial charge in [0.05, 0.1) is 12.7 Å². The molecule has 0 aromatic heterocycles. The molecule has 2 N–H and O–H groups in total. The summed E-state index contributed by atoms with van der Waals surface area (Å²) in [5.41, 5.74) is 9.84. The van der Waals surface area contributed by atoms with Crippen LogP contribution in [0.3, 0.4) is 0 Å². The van der Waals surface area contributed by atoms with Gasteiger partial charge in [0.25, 0.3) is 0 Å². The van der Waals surface area contributed by atoms with Gasteiger partial charge >= 0.3 is 0 Å². The average Bonchev–Trinajstić information content (AvgIpc) is 2.32. The van der Waals surface area contributed by atoms with Crippen molar-refractivity contribution in [1.82, 2.24) is 0 Å².